The van der Waals surface area contributed by atoms with E-state index in [1.165, 1.54) is 31.2 Å². The summed E-state index contributed by atoms with van der Waals surface area (Å²) in [6.45, 7) is 1.35. The largest absolute Gasteiger partial charge is 0.397 e. The van der Waals surface area contributed by atoms with Crippen LogP contribution in [-0.2, 0) is 12.4 Å². The van der Waals surface area contributed by atoms with E-state index in [2.05, 4.69) is 19.5 Å². The number of rotatable bonds is 6. The number of aromatic nitrogens is 1. The SMILES string of the molecule is CC(=O)Nc1ccc([As](=O)(O)OO)cc1.Nc1ccc(-c2nccs2)cc1NC(=O)c1ccccc1. The molecule has 3 aromatic carbocycles. The van der Waals surface area contributed by atoms with Crippen molar-refractivity contribution < 1.29 is 26.6 Å². The number of nitrogen functional groups attached to an aromatic ring is 1. The smallest absolute Gasteiger partial charge is 0.255 e. The van der Waals surface area contributed by atoms with Crippen LogP contribution in [0.5, 0.6) is 0 Å². The van der Waals surface area contributed by atoms with E-state index >= 15 is 0 Å². The summed E-state index contributed by atoms with van der Waals surface area (Å²) in [6.07, 6.45) is 1.75. The number of nitrogens with zero attached hydrogens (tertiary/aromatic N) is 1. The average Bonchev–Trinajstić information content (AvgIpc) is 3.41. The van der Waals surface area contributed by atoms with Crippen molar-refractivity contribution in [2.24, 2.45) is 0 Å². The van der Waals surface area contributed by atoms with E-state index in [-0.39, 0.29) is 16.2 Å². The molecule has 0 aliphatic rings. The molecule has 0 saturated carbocycles. The summed E-state index contributed by atoms with van der Waals surface area (Å²) in [4.78, 5) is 27.1. The van der Waals surface area contributed by atoms with Crippen LogP contribution in [-0.4, -0.2) is 40.3 Å². The van der Waals surface area contributed by atoms with E-state index in [9.17, 15) is 13.3 Å². The fourth-order valence-electron chi connectivity index (χ4n) is 2.93. The molecule has 12 heteroatoms. The van der Waals surface area contributed by atoms with E-state index in [0.717, 1.165) is 10.6 Å². The first-order chi connectivity index (χ1) is 17.2. The Morgan fingerprint density at radius 2 is 1.72 bits per heavy atom. The molecule has 36 heavy (non-hydrogen) atoms. The number of thiazole rings is 1. The van der Waals surface area contributed by atoms with Gasteiger partial charge < -0.3 is 11.1 Å². The standard InChI is InChI=1S/C16H13N3OS.C8H10AsNO5/c17-13-7-6-12(16-18-8-9-21-16)10-14(13)19-15(20)11-4-2-1-3-5-11;1-6(11)10-8-4-2-7(3-5-8)9(12,13)15-14/h1-10H,17H2,(H,19,20);2-5,14H,1H3,(H,10,11)(H,12,13). The van der Waals surface area contributed by atoms with Crippen LogP contribution in [0.1, 0.15) is 17.3 Å². The number of carbonyl (C=O) groups excluding carboxylic acids is 2. The van der Waals surface area contributed by atoms with Gasteiger partial charge in [0.05, 0.1) is 11.4 Å². The van der Waals surface area contributed by atoms with Gasteiger partial charge in [-0.1, -0.05) is 18.2 Å². The van der Waals surface area contributed by atoms with E-state index in [1.807, 2.05) is 35.7 Å². The first-order valence-electron chi connectivity index (χ1n) is 10.4. The predicted molar refractivity (Wildman–Crippen MR) is 139 cm³/mol. The normalized spacial score (nSPS) is 12.0. The van der Waals surface area contributed by atoms with Crippen LogP contribution in [0.15, 0.2) is 84.4 Å². The van der Waals surface area contributed by atoms with Gasteiger partial charge in [-0.25, -0.2) is 4.98 Å². The van der Waals surface area contributed by atoms with Crippen molar-refractivity contribution in [2.45, 2.75) is 6.92 Å². The molecule has 0 saturated heterocycles. The minimum Gasteiger partial charge on any atom is -0.397 e. The third kappa shape index (κ3) is 7.38. The van der Waals surface area contributed by atoms with Crippen molar-refractivity contribution in [1.29, 1.82) is 0 Å². The molecular formula is C24H23AsN4O6S. The van der Waals surface area contributed by atoms with Crippen LogP contribution in [0.25, 0.3) is 10.6 Å². The molecule has 0 aliphatic heterocycles. The van der Waals surface area contributed by atoms with Gasteiger partial charge >= 0.3 is 88.4 Å². The van der Waals surface area contributed by atoms with Crippen LogP contribution in [0.3, 0.4) is 0 Å². The Morgan fingerprint density at radius 1 is 1.03 bits per heavy atom. The van der Waals surface area contributed by atoms with Crippen molar-refractivity contribution in [3.8, 4) is 10.6 Å². The van der Waals surface area contributed by atoms with Gasteiger partial charge in [-0.05, 0) is 30.3 Å². The molecule has 6 N–H and O–H groups in total. The average molecular weight is 570 g/mol. The molecule has 1 aromatic heterocycles. The third-order valence-electron chi connectivity index (χ3n) is 4.64. The minimum atomic E-state index is -4.76. The monoisotopic (exact) mass is 570 g/mol. The van der Waals surface area contributed by atoms with Gasteiger partial charge in [-0.3, -0.25) is 4.79 Å². The first kappa shape index (κ1) is 26.9. The summed E-state index contributed by atoms with van der Waals surface area (Å²) in [7, 11) is 0. The van der Waals surface area contributed by atoms with Gasteiger partial charge in [0.1, 0.15) is 5.01 Å². The molecule has 1 atom stereocenters. The van der Waals surface area contributed by atoms with Crippen molar-refractivity contribution >= 4 is 58.7 Å². The van der Waals surface area contributed by atoms with Crippen molar-refractivity contribution in [1.82, 2.24) is 4.98 Å². The molecule has 0 aliphatic carbocycles. The molecule has 0 spiro atoms. The van der Waals surface area contributed by atoms with Crippen molar-refractivity contribution in [2.75, 3.05) is 16.4 Å². The fraction of sp³-hybridized carbons (Fsp3) is 0.0417. The Labute approximate surface area is 213 Å². The number of nitrogens with one attached hydrogen (secondary N) is 2. The Balaban J connectivity index is 0.000000214. The van der Waals surface area contributed by atoms with Gasteiger partial charge in [0.15, 0.2) is 0 Å². The Morgan fingerprint density at radius 3 is 2.31 bits per heavy atom. The molecule has 4 rings (SSSR count). The minimum absolute atomic E-state index is 0.00438. The number of benzene rings is 3. The zero-order chi connectivity index (χ0) is 26.1. The number of anilines is 3. The van der Waals surface area contributed by atoms with Crippen LogP contribution in [0, 0.1) is 0 Å². The summed E-state index contributed by atoms with van der Waals surface area (Å²) in [5.74, 6) is -0.419. The van der Waals surface area contributed by atoms with Crippen LogP contribution in [0.2, 0.25) is 0 Å². The molecule has 4 aromatic rings. The number of nitrogens with two attached hydrogens (primary N) is 1. The molecule has 0 bridgehead atoms. The van der Waals surface area contributed by atoms with Crippen LogP contribution >= 0.6 is 11.3 Å². The van der Waals surface area contributed by atoms with Crippen molar-refractivity contribution in [3.05, 3.63) is 89.9 Å². The second kappa shape index (κ2) is 12.3. The number of carbonyl (C=O) groups is 2. The second-order valence-electron chi connectivity index (χ2n) is 7.29. The van der Waals surface area contributed by atoms with Gasteiger partial charge in [-0.2, -0.15) is 0 Å². The maximum Gasteiger partial charge on any atom is 0.255 e. The Bertz CT molecular complexity index is 1370. The Kier molecular flexibility index (Phi) is 9.18. The Hall–Kier alpha value is -3.73. The van der Waals surface area contributed by atoms with Gasteiger partial charge in [0.25, 0.3) is 5.91 Å². The van der Waals surface area contributed by atoms with Gasteiger partial charge in [0.2, 0.25) is 0 Å². The third-order valence-corrected chi connectivity index (χ3v) is 7.92. The van der Waals surface area contributed by atoms with E-state index in [0.29, 0.717) is 22.6 Å². The quantitative estimate of drug-likeness (QED) is 0.102. The summed E-state index contributed by atoms with van der Waals surface area (Å²) in [5.41, 5.74) is 9.09. The maximum absolute atomic E-state index is 12.2. The number of amides is 2. The number of hydrogen-bond acceptors (Lipinski definition) is 8. The van der Waals surface area contributed by atoms with E-state index in [1.54, 1.807) is 35.7 Å². The first-order valence-corrected chi connectivity index (χ1v) is 14.6. The molecule has 186 valence electrons. The molecule has 0 radical (unpaired) electrons. The van der Waals surface area contributed by atoms with E-state index in [4.69, 9.17) is 15.1 Å². The molecule has 1 unspecified atom stereocenters. The summed E-state index contributed by atoms with van der Waals surface area (Å²) in [6, 6.07) is 20.1. The fourth-order valence-corrected chi connectivity index (χ4v) is 4.87. The summed E-state index contributed by atoms with van der Waals surface area (Å²) in [5, 5.41) is 16.3. The summed E-state index contributed by atoms with van der Waals surface area (Å²) < 4.78 is 23.8. The predicted octanol–water partition coefficient (Wildman–Crippen LogP) is 3.35. The maximum atomic E-state index is 12.2. The molecule has 0 fully saturated rings. The summed E-state index contributed by atoms with van der Waals surface area (Å²) >= 11 is -3.22. The van der Waals surface area contributed by atoms with Crippen LogP contribution in [0.4, 0.5) is 17.1 Å². The molecular weight excluding hydrogens is 547 g/mol. The second-order valence-corrected chi connectivity index (χ2v) is 11.8. The molecule has 2 amide bonds. The molecule has 1 heterocycles. The topological polar surface area (TPSA) is 164 Å². The number of hydrogen-bond donors (Lipinski definition) is 5. The van der Waals surface area contributed by atoms with Crippen LogP contribution < -0.4 is 20.7 Å². The van der Waals surface area contributed by atoms with Gasteiger partial charge in [-0.15, -0.1) is 11.3 Å². The van der Waals surface area contributed by atoms with E-state index < -0.39 is 14.2 Å². The zero-order valence-corrected chi connectivity index (χ0v) is 21.7. The van der Waals surface area contributed by atoms with Gasteiger partial charge in [0, 0.05) is 22.7 Å². The van der Waals surface area contributed by atoms with Crippen molar-refractivity contribution in [3.63, 3.8) is 0 Å². The zero-order valence-electron chi connectivity index (χ0n) is 19.0. The molecule has 10 nitrogen and oxygen atoms in total.